The molecule has 0 fully saturated rings. The Morgan fingerprint density at radius 1 is 1.15 bits per heavy atom. The van der Waals surface area contributed by atoms with E-state index in [1.54, 1.807) is 55.3 Å². The fourth-order valence-electron chi connectivity index (χ4n) is 4.00. The first kappa shape index (κ1) is 23.9. The highest BCUT2D eigenvalue weighted by Gasteiger charge is 2.28. The molecule has 3 aromatic rings. The van der Waals surface area contributed by atoms with Crippen LogP contribution in [-0.2, 0) is 17.6 Å². The van der Waals surface area contributed by atoms with Crippen molar-refractivity contribution in [1.29, 1.82) is 0 Å². The van der Waals surface area contributed by atoms with E-state index in [0.29, 0.717) is 34.2 Å². The maximum absolute atomic E-state index is 13.6. The van der Waals surface area contributed by atoms with E-state index in [9.17, 15) is 9.90 Å². The van der Waals surface area contributed by atoms with Gasteiger partial charge in [0.1, 0.15) is 10.8 Å². The molecule has 0 atom stereocenters. The monoisotopic (exact) mass is 494 g/mol. The normalized spacial score (nSPS) is 13.5. The summed E-state index contributed by atoms with van der Waals surface area (Å²) >= 11 is 7.28. The number of hydrogen-bond acceptors (Lipinski definition) is 6. The van der Waals surface area contributed by atoms with Gasteiger partial charge in [-0.05, 0) is 61.6 Å². The number of aryl methyl sites for hydroxylation is 1. The van der Waals surface area contributed by atoms with E-state index in [0.717, 1.165) is 31.2 Å². The van der Waals surface area contributed by atoms with Gasteiger partial charge in [-0.3, -0.25) is 0 Å². The molecule has 2 heterocycles. The number of pyridine rings is 1. The molecule has 176 valence electrons. The van der Waals surface area contributed by atoms with E-state index in [1.807, 2.05) is 18.2 Å². The molecule has 6 nitrogen and oxygen atoms in total. The molecule has 34 heavy (non-hydrogen) atoms. The Labute approximate surface area is 208 Å². The predicted octanol–water partition coefficient (Wildman–Crippen LogP) is 4.23. The van der Waals surface area contributed by atoms with E-state index >= 15 is 0 Å². The molecule has 0 saturated heterocycles. The SMILES string of the molecule is CCOC(=O)c1c(NC(=S)/C(=C(\[O-])c2ccc(OC)cc2)[n+]2ccccc2)sc2c1CCCC2. The molecular weight excluding hydrogens is 468 g/mol. The average Bonchev–Trinajstić information content (AvgIpc) is 3.22. The van der Waals surface area contributed by atoms with Crippen LogP contribution in [-0.4, -0.2) is 24.7 Å². The zero-order valence-corrected chi connectivity index (χ0v) is 20.8. The van der Waals surface area contributed by atoms with Crippen LogP contribution >= 0.6 is 23.6 Å². The van der Waals surface area contributed by atoms with Crippen molar-refractivity contribution in [3.05, 3.63) is 76.4 Å². The number of nitrogens with zero attached hydrogens (tertiary/aromatic N) is 1. The molecule has 1 N–H and O–H groups in total. The Bertz CT molecular complexity index is 1220. The Balaban J connectivity index is 1.76. The van der Waals surface area contributed by atoms with Crippen LogP contribution in [0.5, 0.6) is 5.75 Å². The molecule has 0 spiro atoms. The molecular formula is C26H26N2O4S2. The summed E-state index contributed by atoms with van der Waals surface area (Å²) in [4.78, 5) is 14.3. The van der Waals surface area contributed by atoms with Crippen LogP contribution in [0.4, 0.5) is 5.00 Å². The first-order valence-corrected chi connectivity index (χ1v) is 12.4. The number of ether oxygens (including phenoxy) is 2. The van der Waals surface area contributed by atoms with Crippen LogP contribution < -0.4 is 19.7 Å². The number of hydrogen-bond donors (Lipinski definition) is 1. The van der Waals surface area contributed by atoms with E-state index in [-0.39, 0.29) is 16.7 Å². The Morgan fingerprint density at radius 3 is 2.53 bits per heavy atom. The lowest BCUT2D eigenvalue weighted by atomic mass is 9.95. The summed E-state index contributed by atoms with van der Waals surface area (Å²) in [5.74, 6) is 0.0624. The summed E-state index contributed by atoms with van der Waals surface area (Å²) in [5, 5.41) is 17.4. The lowest BCUT2D eigenvalue weighted by Gasteiger charge is -2.17. The van der Waals surface area contributed by atoms with Crippen LogP contribution in [0.15, 0.2) is 54.9 Å². The van der Waals surface area contributed by atoms with Crippen LogP contribution in [0, 0.1) is 0 Å². The smallest absolute Gasteiger partial charge is 0.341 e. The number of aromatic nitrogens is 1. The van der Waals surface area contributed by atoms with Crippen molar-refractivity contribution >= 4 is 51.0 Å². The number of benzene rings is 1. The van der Waals surface area contributed by atoms with Crippen LogP contribution in [0.3, 0.4) is 0 Å². The fourth-order valence-corrected chi connectivity index (χ4v) is 5.65. The van der Waals surface area contributed by atoms with Crippen LogP contribution in [0.25, 0.3) is 11.5 Å². The van der Waals surface area contributed by atoms with E-state index in [1.165, 1.54) is 16.2 Å². The molecule has 0 aliphatic heterocycles. The maximum Gasteiger partial charge on any atom is 0.341 e. The summed E-state index contributed by atoms with van der Waals surface area (Å²) in [6, 6.07) is 12.4. The number of thiocarbonyl (C=S) groups is 1. The number of carbonyl (C=O) groups excluding carboxylic acids is 1. The molecule has 1 aliphatic carbocycles. The lowest BCUT2D eigenvalue weighted by Crippen LogP contribution is -2.39. The summed E-state index contributed by atoms with van der Waals surface area (Å²) < 4.78 is 12.3. The van der Waals surface area contributed by atoms with Crippen molar-refractivity contribution in [1.82, 2.24) is 0 Å². The summed E-state index contributed by atoms with van der Waals surface area (Å²) in [6.45, 7) is 2.08. The number of carbonyl (C=O) groups is 1. The zero-order chi connectivity index (χ0) is 24.1. The number of methoxy groups -OCH3 is 1. The molecule has 1 aromatic carbocycles. The fraction of sp³-hybridized carbons (Fsp3) is 0.269. The van der Waals surface area contributed by atoms with Gasteiger partial charge >= 0.3 is 5.97 Å². The predicted molar refractivity (Wildman–Crippen MR) is 136 cm³/mol. The Hall–Kier alpha value is -3.23. The number of anilines is 1. The van der Waals surface area contributed by atoms with Gasteiger partial charge < -0.3 is 19.9 Å². The molecule has 4 rings (SSSR count). The van der Waals surface area contributed by atoms with Gasteiger partial charge in [0, 0.05) is 17.0 Å². The van der Waals surface area contributed by atoms with Gasteiger partial charge in [0.2, 0.25) is 5.70 Å². The van der Waals surface area contributed by atoms with Crippen molar-refractivity contribution in [3.63, 3.8) is 0 Å². The second-order valence-corrected chi connectivity index (χ2v) is 9.29. The third-order valence-electron chi connectivity index (χ3n) is 5.63. The van der Waals surface area contributed by atoms with Gasteiger partial charge in [-0.15, -0.1) is 11.3 Å². The molecule has 0 unspecified atom stereocenters. The third-order valence-corrected chi connectivity index (χ3v) is 7.14. The highest BCUT2D eigenvalue weighted by molar-refractivity contribution is 7.81. The topological polar surface area (TPSA) is 74.5 Å². The first-order valence-electron chi connectivity index (χ1n) is 11.2. The molecule has 0 radical (unpaired) electrons. The van der Waals surface area contributed by atoms with Gasteiger partial charge in [-0.2, -0.15) is 4.57 Å². The molecule has 1 aliphatic rings. The Morgan fingerprint density at radius 2 is 1.85 bits per heavy atom. The number of thiophene rings is 1. The lowest BCUT2D eigenvalue weighted by molar-refractivity contribution is -0.577. The molecule has 0 amide bonds. The van der Waals surface area contributed by atoms with Gasteiger partial charge in [-0.25, -0.2) is 4.79 Å². The number of fused-ring (bicyclic) bond motifs is 1. The maximum atomic E-state index is 13.6. The first-order chi connectivity index (χ1) is 16.5. The second-order valence-electron chi connectivity index (χ2n) is 7.78. The van der Waals surface area contributed by atoms with Gasteiger partial charge in [0.05, 0.1) is 19.3 Å². The molecule has 2 aromatic heterocycles. The van der Waals surface area contributed by atoms with E-state index in [2.05, 4.69) is 5.32 Å². The summed E-state index contributed by atoms with van der Waals surface area (Å²) in [6.07, 6.45) is 7.44. The zero-order valence-electron chi connectivity index (χ0n) is 19.1. The van der Waals surface area contributed by atoms with Crippen LogP contribution in [0.1, 0.15) is 46.1 Å². The van der Waals surface area contributed by atoms with Crippen molar-refractivity contribution in [2.75, 3.05) is 19.0 Å². The Kier molecular flexibility index (Phi) is 7.59. The van der Waals surface area contributed by atoms with Crippen LogP contribution in [0.2, 0.25) is 0 Å². The van der Waals surface area contributed by atoms with E-state index < -0.39 is 0 Å². The standard InChI is InChI=1S/C26H26N2O4S2/c1-3-32-26(30)21-19-9-5-6-10-20(19)34-25(21)27-24(33)22(28-15-7-4-8-16-28)23(29)17-11-13-18(31-2)14-12-17/h4,7-8,11-16H,3,5-6,9-10H2,1-2H3,(H-,27,29,30,33). The minimum atomic E-state index is -0.359. The third kappa shape index (κ3) is 4.98. The van der Waals surface area contributed by atoms with Crippen molar-refractivity contribution in [3.8, 4) is 5.75 Å². The van der Waals surface area contributed by atoms with E-state index in [4.69, 9.17) is 21.7 Å². The number of nitrogens with one attached hydrogen (secondary N) is 1. The van der Waals surface area contributed by atoms with Crippen molar-refractivity contribution in [2.45, 2.75) is 32.6 Å². The minimum absolute atomic E-state index is 0.237. The van der Waals surface area contributed by atoms with Gasteiger partial charge in [-0.1, -0.05) is 30.4 Å². The quantitative estimate of drug-likeness (QED) is 0.174. The number of rotatable bonds is 7. The van der Waals surface area contributed by atoms with Gasteiger partial charge in [0.15, 0.2) is 17.4 Å². The summed E-state index contributed by atoms with van der Waals surface area (Å²) in [7, 11) is 1.58. The molecule has 8 heteroatoms. The number of esters is 1. The average molecular weight is 495 g/mol. The van der Waals surface area contributed by atoms with Gasteiger partial charge in [0.25, 0.3) is 0 Å². The largest absolute Gasteiger partial charge is 0.867 e. The van der Waals surface area contributed by atoms with Crippen molar-refractivity contribution in [2.24, 2.45) is 0 Å². The second kappa shape index (κ2) is 10.8. The highest BCUT2D eigenvalue weighted by Crippen LogP contribution is 2.39. The minimum Gasteiger partial charge on any atom is -0.867 e. The summed E-state index contributed by atoms with van der Waals surface area (Å²) in [5.41, 5.74) is 2.35. The highest BCUT2D eigenvalue weighted by atomic mass is 32.1. The van der Waals surface area contributed by atoms with Crippen molar-refractivity contribution < 1.29 is 23.9 Å². The molecule has 0 saturated carbocycles. The molecule has 0 bridgehead atoms.